The van der Waals surface area contributed by atoms with Gasteiger partial charge in [-0.2, -0.15) is 0 Å². The second kappa shape index (κ2) is 13.5. The van der Waals surface area contributed by atoms with Crippen LogP contribution in [0.4, 0.5) is 10.5 Å². The molecule has 3 atom stereocenters. The van der Waals surface area contributed by atoms with Crippen molar-refractivity contribution < 1.29 is 23.9 Å². The molecule has 8 nitrogen and oxygen atoms in total. The highest BCUT2D eigenvalue weighted by Crippen LogP contribution is 2.29. The van der Waals surface area contributed by atoms with Gasteiger partial charge in [0.25, 0.3) is 5.91 Å². The molecule has 2 N–H and O–H groups in total. The molecule has 3 unspecified atom stereocenters. The van der Waals surface area contributed by atoms with Gasteiger partial charge < -0.3 is 25.0 Å². The molecule has 0 saturated heterocycles. The zero-order valence-corrected chi connectivity index (χ0v) is 25.0. The number of rotatable bonds is 10. The van der Waals surface area contributed by atoms with Crippen LogP contribution in [0.1, 0.15) is 77.6 Å². The van der Waals surface area contributed by atoms with Gasteiger partial charge in [0, 0.05) is 11.7 Å². The Labute approximate surface area is 233 Å². The highest BCUT2D eigenvalue weighted by molar-refractivity contribution is 5.99. The maximum Gasteiger partial charge on any atom is 0.408 e. The van der Waals surface area contributed by atoms with Gasteiger partial charge in [-0.3, -0.25) is 9.59 Å². The van der Waals surface area contributed by atoms with Crippen LogP contribution in [-0.4, -0.2) is 47.6 Å². The molecule has 0 aliphatic heterocycles. The van der Waals surface area contributed by atoms with E-state index in [9.17, 15) is 14.4 Å². The average molecular weight is 540 g/mol. The summed E-state index contributed by atoms with van der Waals surface area (Å²) >= 11 is 0. The molecule has 0 aliphatic carbocycles. The van der Waals surface area contributed by atoms with E-state index in [-0.39, 0.29) is 23.8 Å². The molecular formula is C31H45N3O5. The first-order valence-electron chi connectivity index (χ1n) is 13.5. The standard InChI is InChI=1S/C31H45N3O5/c1-11-22(6)26(33-30(37)39-31(7,8)9)29(36)34(19(2)3)27(23-17-20(4)16-21(5)18-23)28(35)32-24-12-14-25(38-10)15-13-24/h12-19,22,26-27H,11H2,1-10H3,(H,32,35)(H,33,37). The fraction of sp³-hybridized carbons (Fsp3) is 0.516. The number of hydrogen-bond donors (Lipinski definition) is 2. The molecule has 8 heteroatoms. The quantitative estimate of drug-likeness (QED) is 0.376. The van der Waals surface area contributed by atoms with Gasteiger partial charge in [0.2, 0.25) is 5.91 Å². The Hall–Kier alpha value is -3.55. The normalized spacial score (nSPS) is 13.7. The molecule has 0 heterocycles. The molecule has 0 aliphatic rings. The van der Waals surface area contributed by atoms with Crippen molar-refractivity contribution in [3.05, 3.63) is 59.2 Å². The minimum absolute atomic E-state index is 0.198. The minimum atomic E-state index is -0.940. The lowest BCUT2D eigenvalue weighted by atomic mass is 9.93. The number of benzene rings is 2. The summed E-state index contributed by atoms with van der Waals surface area (Å²) in [6, 6.07) is 10.7. The Balaban J connectivity index is 2.57. The van der Waals surface area contributed by atoms with E-state index in [1.807, 2.05) is 59.7 Å². The van der Waals surface area contributed by atoms with Gasteiger partial charge in [-0.1, -0.05) is 49.6 Å². The summed E-state index contributed by atoms with van der Waals surface area (Å²) in [4.78, 5) is 42.6. The van der Waals surface area contributed by atoms with E-state index in [1.54, 1.807) is 57.0 Å². The number of nitrogens with one attached hydrogen (secondary N) is 2. The molecule has 214 valence electrons. The molecule has 2 rings (SSSR count). The first-order valence-corrected chi connectivity index (χ1v) is 13.5. The van der Waals surface area contributed by atoms with Crippen molar-refractivity contribution >= 4 is 23.6 Å². The Morgan fingerprint density at radius 2 is 1.51 bits per heavy atom. The van der Waals surface area contributed by atoms with E-state index in [0.29, 0.717) is 23.4 Å². The fourth-order valence-corrected chi connectivity index (χ4v) is 4.45. The lowest BCUT2D eigenvalue weighted by molar-refractivity contribution is -0.144. The van der Waals surface area contributed by atoms with Gasteiger partial charge >= 0.3 is 6.09 Å². The zero-order valence-electron chi connectivity index (χ0n) is 25.0. The summed E-state index contributed by atoms with van der Waals surface area (Å²) in [5, 5.41) is 5.77. The highest BCUT2D eigenvalue weighted by atomic mass is 16.6. The number of ether oxygens (including phenoxy) is 2. The lowest BCUT2D eigenvalue weighted by Gasteiger charge is -2.38. The molecule has 2 aromatic carbocycles. The van der Waals surface area contributed by atoms with Gasteiger partial charge in [0.1, 0.15) is 23.4 Å². The SMILES string of the molecule is CCC(C)C(NC(=O)OC(C)(C)C)C(=O)N(C(C)C)C(C(=O)Nc1ccc(OC)cc1)c1cc(C)cc(C)c1. The average Bonchev–Trinajstić information content (AvgIpc) is 2.83. The minimum Gasteiger partial charge on any atom is -0.497 e. The van der Waals surface area contributed by atoms with Gasteiger partial charge in [-0.05, 0) is 84.2 Å². The lowest BCUT2D eigenvalue weighted by Crippen LogP contribution is -2.56. The maximum atomic E-state index is 14.3. The zero-order chi connectivity index (χ0) is 29.5. The van der Waals surface area contributed by atoms with Crippen molar-refractivity contribution in [2.45, 2.75) is 92.5 Å². The number of anilines is 1. The largest absolute Gasteiger partial charge is 0.497 e. The Bertz CT molecular complexity index is 1120. The van der Waals surface area contributed by atoms with E-state index in [1.165, 1.54) is 0 Å². The van der Waals surface area contributed by atoms with Gasteiger partial charge in [-0.25, -0.2) is 4.79 Å². The molecule has 2 aromatic rings. The van der Waals surface area contributed by atoms with E-state index in [2.05, 4.69) is 10.6 Å². The molecule has 3 amide bonds. The van der Waals surface area contributed by atoms with Crippen LogP contribution < -0.4 is 15.4 Å². The van der Waals surface area contributed by atoms with Gasteiger partial charge in [0.05, 0.1) is 7.11 Å². The number of methoxy groups -OCH3 is 1. The molecule has 39 heavy (non-hydrogen) atoms. The highest BCUT2D eigenvalue weighted by Gasteiger charge is 2.39. The first-order chi connectivity index (χ1) is 18.2. The van der Waals surface area contributed by atoms with Gasteiger partial charge in [0.15, 0.2) is 0 Å². The summed E-state index contributed by atoms with van der Waals surface area (Å²) in [5.74, 6) is -0.232. The van der Waals surface area contributed by atoms with E-state index in [0.717, 1.165) is 11.1 Å². The van der Waals surface area contributed by atoms with E-state index in [4.69, 9.17) is 9.47 Å². The fourth-order valence-electron chi connectivity index (χ4n) is 4.45. The molecule has 0 fully saturated rings. The molecule has 0 aromatic heterocycles. The predicted molar refractivity (Wildman–Crippen MR) is 155 cm³/mol. The van der Waals surface area contributed by atoms with Crippen LogP contribution in [0.5, 0.6) is 5.75 Å². The van der Waals surface area contributed by atoms with Crippen molar-refractivity contribution in [1.82, 2.24) is 10.2 Å². The number of hydrogen-bond acceptors (Lipinski definition) is 5. The third-order valence-corrected chi connectivity index (χ3v) is 6.41. The van der Waals surface area contributed by atoms with Gasteiger partial charge in [-0.15, -0.1) is 0 Å². The van der Waals surface area contributed by atoms with Crippen LogP contribution in [0.15, 0.2) is 42.5 Å². The third-order valence-electron chi connectivity index (χ3n) is 6.41. The number of aryl methyl sites for hydroxylation is 2. The van der Waals surface area contributed by atoms with Crippen LogP contribution in [-0.2, 0) is 14.3 Å². The topological polar surface area (TPSA) is 97.0 Å². The second-order valence-electron chi connectivity index (χ2n) is 11.4. The summed E-state index contributed by atoms with van der Waals surface area (Å²) in [7, 11) is 1.58. The Kier molecular flexibility index (Phi) is 11.0. The number of alkyl carbamates (subject to hydrolysis) is 1. The number of carbonyl (C=O) groups excluding carboxylic acids is 3. The molecule has 0 radical (unpaired) electrons. The summed E-state index contributed by atoms with van der Waals surface area (Å²) < 4.78 is 10.7. The van der Waals surface area contributed by atoms with Crippen molar-refractivity contribution in [3.8, 4) is 5.75 Å². The van der Waals surface area contributed by atoms with Crippen LogP contribution in [0.3, 0.4) is 0 Å². The van der Waals surface area contributed by atoms with Crippen LogP contribution in [0.25, 0.3) is 0 Å². The molecule has 0 saturated carbocycles. The molecule has 0 bridgehead atoms. The van der Waals surface area contributed by atoms with Crippen molar-refractivity contribution in [2.75, 3.05) is 12.4 Å². The van der Waals surface area contributed by atoms with E-state index >= 15 is 0 Å². The summed E-state index contributed by atoms with van der Waals surface area (Å²) in [5.41, 5.74) is 2.52. The van der Waals surface area contributed by atoms with E-state index < -0.39 is 23.8 Å². The Morgan fingerprint density at radius 1 is 0.949 bits per heavy atom. The van der Waals surface area contributed by atoms with Crippen molar-refractivity contribution in [3.63, 3.8) is 0 Å². The monoisotopic (exact) mass is 539 g/mol. The van der Waals surface area contributed by atoms with Crippen LogP contribution >= 0.6 is 0 Å². The van der Waals surface area contributed by atoms with Crippen molar-refractivity contribution in [2.24, 2.45) is 5.92 Å². The summed E-state index contributed by atoms with van der Waals surface area (Å²) in [6.45, 7) is 16.8. The van der Waals surface area contributed by atoms with Crippen molar-refractivity contribution in [1.29, 1.82) is 0 Å². The number of carbonyl (C=O) groups is 3. The molecular weight excluding hydrogens is 494 g/mol. The second-order valence-corrected chi connectivity index (χ2v) is 11.4. The molecule has 0 spiro atoms. The first kappa shape index (κ1) is 31.7. The van der Waals surface area contributed by atoms with Crippen LogP contribution in [0.2, 0.25) is 0 Å². The summed E-state index contributed by atoms with van der Waals surface area (Å²) in [6.07, 6.45) is -0.0276. The predicted octanol–water partition coefficient (Wildman–Crippen LogP) is 6.17. The van der Waals surface area contributed by atoms with Crippen LogP contribution in [0, 0.1) is 19.8 Å². The number of amides is 3. The third kappa shape index (κ3) is 9.01. The smallest absolute Gasteiger partial charge is 0.408 e. The Morgan fingerprint density at radius 3 is 1.97 bits per heavy atom. The number of nitrogens with zero attached hydrogens (tertiary/aromatic N) is 1. The maximum absolute atomic E-state index is 14.3.